The number of halogens is 3. The molecule has 3 aromatic rings. The molecule has 0 fully saturated rings. The second kappa shape index (κ2) is 10.4. The molecule has 0 aromatic heterocycles. The van der Waals surface area contributed by atoms with E-state index >= 15 is 8.78 Å². The third-order valence-electron chi connectivity index (χ3n) is 6.48. The van der Waals surface area contributed by atoms with E-state index in [-0.39, 0.29) is 16.7 Å². The van der Waals surface area contributed by atoms with Gasteiger partial charge in [-0.3, -0.25) is 0 Å². The van der Waals surface area contributed by atoms with E-state index < -0.39 is 17.5 Å². The van der Waals surface area contributed by atoms with Crippen LogP contribution in [0.2, 0.25) is 0 Å². The van der Waals surface area contributed by atoms with E-state index in [1.54, 1.807) is 12.1 Å². The van der Waals surface area contributed by atoms with Crippen molar-refractivity contribution in [3.8, 4) is 22.3 Å². The molecular weight excluding hydrogens is 405 g/mol. The van der Waals surface area contributed by atoms with Crippen molar-refractivity contribution in [2.45, 2.75) is 66.2 Å². The highest BCUT2D eigenvalue weighted by molar-refractivity contribution is 5.73. The molecule has 0 aliphatic rings. The fourth-order valence-electron chi connectivity index (χ4n) is 4.42. The predicted molar refractivity (Wildman–Crippen MR) is 128 cm³/mol. The maximum absolute atomic E-state index is 15.1. The quantitative estimate of drug-likeness (QED) is 0.329. The minimum Gasteiger partial charge on any atom is -0.206 e. The Hall–Kier alpha value is -2.55. The summed E-state index contributed by atoms with van der Waals surface area (Å²) in [7, 11) is 0. The van der Waals surface area contributed by atoms with E-state index in [0.717, 1.165) is 24.8 Å². The smallest absolute Gasteiger partial charge is 0.167 e. The van der Waals surface area contributed by atoms with Gasteiger partial charge in [0.2, 0.25) is 0 Å². The van der Waals surface area contributed by atoms with E-state index in [0.29, 0.717) is 29.4 Å². The maximum atomic E-state index is 15.1. The zero-order valence-electron chi connectivity index (χ0n) is 19.7. The van der Waals surface area contributed by atoms with Crippen LogP contribution >= 0.6 is 0 Å². The van der Waals surface area contributed by atoms with Gasteiger partial charge in [-0.25, -0.2) is 13.2 Å². The Morgan fingerprint density at radius 3 is 1.84 bits per heavy atom. The highest BCUT2D eigenvalue weighted by Gasteiger charge is 2.20. The second-order valence-corrected chi connectivity index (χ2v) is 9.06. The van der Waals surface area contributed by atoms with E-state index in [4.69, 9.17) is 0 Å². The lowest BCUT2D eigenvalue weighted by atomic mass is 9.88. The Bertz CT molecular complexity index is 1060. The highest BCUT2D eigenvalue weighted by Crippen LogP contribution is 2.35. The monoisotopic (exact) mass is 438 g/mol. The molecule has 0 bridgehead atoms. The fraction of sp³-hybridized carbons (Fsp3) is 0.379. The molecule has 0 aliphatic heterocycles. The lowest BCUT2D eigenvalue weighted by Gasteiger charge is -2.17. The van der Waals surface area contributed by atoms with Crippen LogP contribution in [0.4, 0.5) is 13.2 Å². The number of benzene rings is 3. The highest BCUT2D eigenvalue weighted by atomic mass is 19.2. The Kier molecular flexibility index (Phi) is 7.82. The summed E-state index contributed by atoms with van der Waals surface area (Å²) in [5.41, 5.74) is 3.43. The summed E-state index contributed by atoms with van der Waals surface area (Å²) in [5.74, 6) is -1.31. The number of aryl methyl sites for hydroxylation is 1. The molecule has 0 amide bonds. The van der Waals surface area contributed by atoms with E-state index in [1.165, 1.54) is 17.7 Å². The van der Waals surface area contributed by atoms with Crippen LogP contribution < -0.4 is 0 Å². The van der Waals surface area contributed by atoms with Crippen LogP contribution in [0, 0.1) is 30.3 Å². The van der Waals surface area contributed by atoms with Gasteiger partial charge in [0, 0.05) is 16.7 Å². The summed E-state index contributed by atoms with van der Waals surface area (Å²) >= 11 is 0. The zero-order valence-corrected chi connectivity index (χ0v) is 19.7. The summed E-state index contributed by atoms with van der Waals surface area (Å²) < 4.78 is 45.0. The van der Waals surface area contributed by atoms with Crippen molar-refractivity contribution in [3.63, 3.8) is 0 Å². The molecule has 0 nitrogen and oxygen atoms in total. The lowest BCUT2D eigenvalue weighted by molar-refractivity contribution is 0.492. The Labute approximate surface area is 190 Å². The SMILES string of the molecule is CCc1c(C)ccc(-c2ccc(-c3ccc(C(CC)CCC(C)C)cc3)c(F)c2F)c1F. The van der Waals surface area contributed by atoms with Crippen molar-refractivity contribution in [1.29, 1.82) is 0 Å². The standard InChI is InChI=1S/C29H33F3/c1-6-20(10-8-18(3)4)21-11-13-22(14-12-21)24-16-17-26(29(32)28(24)31)25-15-9-19(5)23(7-2)27(25)30/h9,11-18,20H,6-8,10H2,1-5H3. The van der Waals surface area contributed by atoms with Crippen LogP contribution in [-0.4, -0.2) is 0 Å². The molecule has 32 heavy (non-hydrogen) atoms. The molecule has 0 saturated carbocycles. The number of hydrogen-bond donors (Lipinski definition) is 0. The van der Waals surface area contributed by atoms with E-state index in [2.05, 4.69) is 20.8 Å². The largest absolute Gasteiger partial charge is 0.206 e. The van der Waals surface area contributed by atoms with Crippen molar-refractivity contribution in [2.24, 2.45) is 5.92 Å². The van der Waals surface area contributed by atoms with Gasteiger partial charge in [-0.15, -0.1) is 0 Å². The molecule has 0 saturated heterocycles. The predicted octanol–water partition coefficient (Wildman–Crippen LogP) is 9.24. The molecule has 0 heterocycles. The number of rotatable bonds is 8. The molecule has 0 radical (unpaired) electrons. The van der Waals surface area contributed by atoms with Crippen molar-refractivity contribution in [3.05, 3.63) is 82.7 Å². The van der Waals surface area contributed by atoms with Gasteiger partial charge in [0.05, 0.1) is 0 Å². The van der Waals surface area contributed by atoms with Crippen LogP contribution in [0.15, 0.2) is 48.5 Å². The average Bonchev–Trinajstić information content (AvgIpc) is 2.77. The summed E-state index contributed by atoms with van der Waals surface area (Å²) in [6, 6.07) is 14.0. The molecule has 1 unspecified atom stereocenters. The first-order valence-electron chi connectivity index (χ1n) is 11.6. The van der Waals surface area contributed by atoms with Gasteiger partial charge >= 0.3 is 0 Å². The van der Waals surface area contributed by atoms with Crippen LogP contribution in [-0.2, 0) is 6.42 Å². The molecule has 170 valence electrons. The Morgan fingerprint density at radius 1 is 0.688 bits per heavy atom. The molecule has 0 spiro atoms. The van der Waals surface area contributed by atoms with Gasteiger partial charge in [0.1, 0.15) is 5.82 Å². The summed E-state index contributed by atoms with van der Waals surface area (Å²) in [4.78, 5) is 0. The zero-order chi connectivity index (χ0) is 23.4. The lowest BCUT2D eigenvalue weighted by Crippen LogP contribution is -2.01. The van der Waals surface area contributed by atoms with Gasteiger partial charge in [-0.1, -0.05) is 82.6 Å². The van der Waals surface area contributed by atoms with Crippen LogP contribution in [0.1, 0.15) is 69.6 Å². The Balaban J connectivity index is 1.94. The van der Waals surface area contributed by atoms with Gasteiger partial charge in [-0.2, -0.15) is 0 Å². The second-order valence-electron chi connectivity index (χ2n) is 9.06. The minimum absolute atomic E-state index is 0.0465. The third kappa shape index (κ3) is 4.92. The molecule has 1 atom stereocenters. The first-order chi connectivity index (χ1) is 15.3. The van der Waals surface area contributed by atoms with Crippen molar-refractivity contribution >= 4 is 0 Å². The molecule has 3 rings (SSSR count). The minimum atomic E-state index is -1.01. The van der Waals surface area contributed by atoms with Crippen molar-refractivity contribution < 1.29 is 13.2 Å². The normalized spacial score (nSPS) is 12.4. The van der Waals surface area contributed by atoms with Gasteiger partial charge in [0.15, 0.2) is 11.6 Å². The molecular formula is C29H33F3. The van der Waals surface area contributed by atoms with Crippen LogP contribution in [0.25, 0.3) is 22.3 Å². The van der Waals surface area contributed by atoms with Crippen LogP contribution in [0.3, 0.4) is 0 Å². The van der Waals surface area contributed by atoms with Crippen molar-refractivity contribution in [2.75, 3.05) is 0 Å². The van der Waals surface area contributed by atoms with Crippen molar-refractivity contribution in [1.82, 2.24) is 0 Å². The molecule has 0 N–H and O–H groups in total. The van der Waals surface area contributed by atoms with E-state index in [9.17, 15) is 4.39 Å². The molecule has 3 heteroatoms. The molecule has 0 aliphatic carbocycles. The first kappa shape index (κ1) is 24.1. The van der Waals surface area contributed by atoms with Gasteiger partial charge in [-0.05, 0) is 60.3 Å². The van der Waals surface area contributed by atoms with Gasteiger partial charge in [0.25, 0.3) is 0 Å². The summed E-state index contributed by atoms with van der Waals surface area (Å²) in [6.45, 7) is 10.3. The van der Waals surface area contributed by atoms with Gasteiger partial charge < -0.3 is 0 Å². The van der Waals surface area contributed by atoms with Crippen LogP contribution in [0.5, 0.6) is 0 Å². The molecule has 3 aromatic carbocycles. The topological polar surface area (TPSA) is 0 Å². The van der Waals surface area contributed by atoms with E-state index in [1.807, 2.05) is 38.1 Å². The maximum Gasteiger partial charge on any atom is 0.167 e. The fourth-order valence-corrected chi connectivity index (χ4v) is 4.42. The third-order valence-corrected chi connectivity index (χ3v) is 6.48. The Morgan fingerprint density at radius 2 is 1.25 bits per heavy atom. The summed E-state index contributed by atoms with van der Waals surface area (Å²) in [5, 5.41) is 0. The average molecular weight is 439 g/mol. The summed E-state index contributed by atoms with van der Waals surface area (Å²) in [6.07, 6.45) is 3.82. The first-order valence-corrected chi connectivity index (χ1v) is 11.6. The number of hydrogen-bond acceptors (Lipinski definition) is 0.